The van der Waals surface area contributed by atoms with Gasteiger partial charge in [0.2, 0.25) is 0 Å². The first-order chi connectivity index (χ1) is 36.0. The van der Waals surface area contributed by atoms with Crippen molar-refractivity contribution in [3.63, 3.8) is 0 Å². The number of hydrogen-bond donors (Lipinski definition) is 0. The molecule has 6 heteroatoms. The summed E-state index contributed by atoms with van der Waals surface area (Å²) in [6, 6.07) is 0. The Bertz CT molecular complexity index is 1440. The highest BCUT2D eigenvalue weighted by Crippen LogP contribution is 2.16. The monoisotopic (exact) mass is 1010 g/mol. The predicted molar refractivity (Wildman–Crippen MR) is 316 cm³/mol. The van der Waals surface area contributed by atoms with Gasteiger partial charge in [-0.3, -0.25) is 14.4 Å². The van der Waals surface area contributed by atoms with Crippen LogP contribution in [-0.4, -0.2) is 37.2 Å². The molecule has 0 saturated carbocycles. The fourth-order valence-electron chi connectivity index (χ4n) is 8.46. The lowest BCUT2D eigenvalue weighted by molar-refractivity contribution is -0.167. The van der Waals surface area contributed by atoms with Crippen molar-refractivity contribution in [3.05, 3.63) is 97.2 Å². The molecule has 1 atom stereocenters. The van der Waals surface area contributed by atoms with Crippen LogP contribution in [0, 0.1) is 0 Å². The first-order valence-electron chi connectivity index (χ1n) is 30.7. The standard InChI is InChI=1S/C67H114O6/c1-4-7-10-13-16-19-22-23-24-25-26-27-28-29-30-31-32-33-34-35-36-37-38-39-40-41-42-43-46-48-51-54-57-60-66(69)72-63-64(73-67(70)61-58-55-52-49-45-21-18-15-12-9-6-3)62-71-65(68)59-56-53-50-47-44-20-17-14-11-8-5-2/h7,10,15-16,18-19,23-24,26-27,29-30,32-33,35-36,64H,4-6,8-9,11-14,17,20-22,25,28,31,34,37-63H2,1-3H3/b10-7-,18-15-,19-16-,24-23-,27-26-,30-29-,33-32-,36-35-. The van der Waals surface area contributed by atoms with Crippen LogP contribution < -0.4 is 0 Å². The van der Waals surface area contributed by atoms with Gasteiger partial charge in [0.15, 0.2) is 6.10 Å². The van der Waals surface area contributed by atoms with Crippen molar-refractivity contribution >= 4 is 17.9 Å². The van der Waals surface area contributed by atoms with E-state index < -0.39 is 6.10 Å². The highest BCUT2D eigenvalue weighted by atomic mass is 16.6. The van der Waals surface area contributed by atoms with Crippen molar-refractivity contribution in [2.75, 3.05) is 13.2 Å². The number of rotatable bonds is 55. The van der Waals surface area contributed by atoms with Crippen molar-refractivity contribution in [2.24, 2.45) is 0 Å². The highest BCUT2D eigenvalue weighted by Gasteiger charge is 2.19. The van der Waals surface area contributed by atoms with Crippen molar-refractivity contribution in [1.82, 2.24) is 0 Å². The predicted octanol–water partition coefficient (Wildman–Crippen LogP) is 20.9. The molecule has 0 saturated heterocycles. The number of unbranched alkanes of at least 4 members (excludes halogenated alkanes) is 28. The maximum absolute atomic E-state index is 12.8. The van der Waals surface area contributed by atoms with Crippen molar-refractivity contribution < 1.29 is 28.6 Å². The smallest absolute Gasteiger partial charge is 0.306 e. The van der Waals surface area contributed by atoms with Crippen LogP contribution in [0.25, 0.3) is 0 Å². The summed E-state index contributed by atoms with van der Waals surface area (Å²) < 4.78 is 16.8. The molecule has 0 amide bonds. The van der Waals surface area contributed by atoms with Gasteiger partial charge in [0.05, 0.1) is 0 Å². The van der Waals surface area contributed by atoms with Gasteiger partial charge in [-0.25, -0.2) is 0 Å². The Morgan fingerprint density at radius 1 is 0.288 bits per heavy atom. The third-order valence-corrected chi connectivity index (χ3v) is 13.1. The topological polar surface area (TPSA) is 78.9 Å². The summed E-state index contributed by atoms with van der Waals surface area (Å²) in [5.41, 5.74) is 0. The Morgan fingerprint density at radius 3 is 0.890 bits per heavy atom. The first kappa shape index (κ1) is 69.3. The average Bonchev–Trinajstić information content (AvgIpc) is 3.39. The number of carbonyl (C=O) groups is 3. The summed E-state index contributed by atoms with van der Waals surface area (Å²) in [6.45, 7) is 6.48. The molecule has 0 radical (unpaired) electrons. The Balaban J connectivity index is 4.12. The van der Waals surface area contributed by atoms with Crippen molar-refractivity contribution in [2.45, 2.75) is 297 Å². The molecule has 0 rings (SSSR count). The van der Waals surface area contributed by atoms with Gasteiger partial charge < -0.3 is 14.2 Å². The van der Waals surface area contributed by atoms with E-state index in [9.17, 15) is 14.4 Å². The molecular formula is C67H114O6. The molecule has 0 bridgehead atoms. The lowest BCUT2D eigenvalue weighted by atomic mass is 10.0. The third-order valence-electron chi connectivity index (χ3n) is 13.1. The van der Waals surface area contributed by atoms with E-state index in [1.165, 1.54) is 135 Å². The second-order valence-corrected chi connectivity index (χ2v) is 20.2. The molecule has 6 nitrogen and oxygen atoms in total. The quantitative estimate of drug-likeness (QED) is 0.0261. The first-order valence-corrected chi connectivity index (χ1v) is 30.7. The molecule has 0 heterocycles. The zero-order valence-corrected chi connectivity index (χ0v) is 47.9. The van der Waals surface area contributed by atoms with E-state index >= 15 is 0 Å². The van der Waals surface area contributed by atoms with Crippen molar-refractivity contribution in [3.8, 4) is 0 Å². The summed E-state index contributed by atoms with van der Waals surface area (Å²) >= 11 is 0. The Hall–Kier alpha value is -3.67. The maximum Gasteiger partial charge on any atom is 0.306 e. The minimum absolute atomic E-state index is 0.0781. The largest absolute Gasteiger partial charge is 0.462 e. The van der Waals surface area contributed by atoms with Crippen LogP contribution in [0.3, 0.4) is 0 Å². The van der Waals surface area contributed by atoms with E-state index in [-0.39, 0.29) is 31.1 Å². The van der Waals surface area contributed by atoms with Crippen LogP contribution >= 0.6 is 0 Å². The van der Waals surface area contributed by atoms with Gasteiger partial charge in [0.1, 0.15) is 13.2 Å². The summed E-state index contributed by atoms with van der Waals surface area (Å²) in [7, 11) is 0. The lowest BCUT2D eigenvalue weighted by Gasteiger charge is -2.18. The fourth-order valence-corrected chi connectivity index (χ4v) is 8.46. The fraction of sp³-hybridized carbons (Fsp3) is 0.716. The lowest BCUT2D eigenvalue weighted by Crippen LogP contribution is -2.30. The molecule has 418 valence electrons. The second kappa shape index (κ2) is 60.9. The van der Waals surface area contributed by atoms with Crippen LogP contribution in [0.1, 0.15) is 290 Å². The summed E-state index contributed by atoms with van der Waals surface area (Å²) in [5, 5.41) is 0. The SMILES string of the molecule is CC/C=C\C/C=C\C/C=C\C/C=C\C/C=C\C/C=C\C/C=C\CCCCCCCCCCCCCC(=O)OCC(COC(=O)CCCCCCCCCCCCC)OC(=O)CCCCCCC/C=C\CCCC. The van der Waals surface area contributed by atoms with Gasteiger partial charge in [-0.1, -0.05) is 272 Å². The van der Waals surface area contributed by atoms with E-state index in [4.69, 9.17) is 14.2 Å². The molecule has 0 aliphatic rings. The number of ether oxygens (including phenoxy) is 3. The Morgan fingerprint density at radius 2 is 0.548 bits per heavy atom. The minimum atomic E-state index is -0.779. The van der Waals surface area contributed by atoms with E-state index in [1.54, 1.807) is 0 Å². The molecule has 0 N–H and O–H groups in total. The van der Waals surface area contributed by atoms with Crippen LogP contribution in [0.4, 0.5) is 0 Å². The average molecular weight is 1020 g/mol. The molecule has 0 aliphatic heterocycles. The Labute approximate surface area is 451 Å². The third kappa shape index (κ3) is 59.1. The summed E-state index contributed by atoms with van der Waals surface area (Å²) in [4.78, 5) is 38.0. The number of hydrogen-bond acceptors (Lipinski definition) is 6. The van der Waals surface area contributed by atoms with Gasteiger partial charge in [-0.2, -0.15) is 0 Å². The van der Waals surface area contributed by atoms with E-state index in [0.717, 1.165) is 116 Å². The summed E-state index contributed by atoms with van der Waals surface area (Å²) in [6.07, 6.45) is 81.4. The normalized spacial score (nSPS) is 12.8. The molecule has 0 aromatic rings. The molecular weight excluding hydrogens is 901 g/mol. The maximum atomic E-state index is 12.8. The molecule has 0 aliphatic carbocycles. The molecule has 0 aromatic carbocycles. The minimum Gasteiger partial charge on any atom is -0.462 e. The van der Waals surface area contributed by atoms with Gasteiger partial charge in [0.25, 0.3) is 0 Å². The van der Waals surface area contributed by atoms with Crippen LogP contribution in [0.2, 0.25) is 0 Å². The molecule has 0 aromatic heterocycles. The van der Waals surface area contributed by atoms with Crippen LogP contribution in [0.5, 0.6) is 0 Å². The summed E-state index contributed by atoms with van der Waals surface area (Å²) in [5.74, 6) is -0.886. The van der Waals surface area contributed by atoms with Crippen molar-refractivity contribution in [1.29, 1.82) is 0 Å². The molecule has 0 fully saturated rings. The van der Waals surface area contributed by atoms with Gasteiger partial charge in [-0.15, -0.1) is 0 Å². The van der Waals surface area contributed by atoms with Crippen LogP contribution in [0.15, 0.2) is 97.2 Å². The zero-order chi connectivity index (χ0) is 52.9. The van der Waals surface area contributed by atoms with E-state index in [2.05, 4.69) is 118 Å². The van der Waals surface area contributed by atoms with E-state index in [0.29, 0.717) is 19.3 Å². The van der Waals surface area contributed by atoms with Gasteiger partial charge in [0, 0.05) is 19.3 Å². The Kier molecular flexibility index (Phi) is 57.8. The molecule has 0 spiro atoms. The zero-order valence-electron chi connectivity index (χ0n) is 47.9. The van der Waals surface area contributed by atoms with E-state index in [1.807, 2.05) is 0 Å². The second-order valence-electron chi connectivity index (χ2n) is 20.2. The number of carbonyl (C=O) groups excluding carboxylic acids is 3. The number of allylic oxidation sites excluding steroid dienone is 16. The molecule has 1 unspecified atom stereocenters. The van der Waals surface area contributed by atoms with Gasteiger partial charge >= 0.3 is 17.9 Å². The molecule has 73 heavy (non-hydrogen) atoms. The highest BCUT2D eigenvalue weighted by molar-refractivity contribution is 5.71. The van der Waals surface area contributed by atoms with Crippen LogP contribution in [-0.2, 0) is 28.6 Å². The van der Waals surface area contributed by atoms with Gasteiger partial charge in [-0.05, 0) is 96.3 Å². The number of esters is 3.